The second kappa shape index (κ2) is 7.77. The molecule has 1 N–H and O–H groups in total. The van der Waals surface area contributed by atoms with Crippen LogP contribution in [0.25, 0.3) is 6.08 Å². The van der Waals surface area contributed by atoms with Crippen LogP contribution in [-0.2, 0) is 9.59 Å². The van der Waals surface area contributed by atoms with Crippen LogP contribution in [0.4, 0.5) is 5.69 Å². The summed E-state index contributed by atoms with van der Waals surface area (Å²) in [5.41, 5.74) is 1.06. The van der Waals surface area contributed by atoms with E-state index in [1.807, 2.05) is 0 Å². The average Bonchev–Trinajstić information content (AvgIpc) is 2.66. The largest absolute Gasteiger partial charge is 0.493 e. The summed E-state index contributed by atoms with van der Waals surface area (Å²) in [4.78, 5) is 26.5. The van der Waals surface area contributed by atoms with E-state index in [1.165, 1.54) is 25.2 Å². The van der Waals surface area contributed by atoms with Crippen molar-refractivity contribution >= 4 is 52.5 Å². The highest BCUT2D eigenvalue weighted by Gasteiger charge is 2.34. The summed E-state index contributed by atoms with van der Waals surface area (Å²) in [5, 5.41) is 3.07. The lowest BCUT2D eigenvalue weighted by Gasteiger charge is -2.29. The van der Waals surface area contributed by atoms with Crippen molar-refractivity contribution < 1.29 is 19.1 Å². The molecule has 0 bridgehead atoms. The standard InChI is InChI=1S/C19H15ClN2O4S/c1-25-15-8-3-11(10-16(15)26-2)9-14-17(23)21-19(27)22(18(14)24)13-6-4-12(20)5-7-13/h3-10H,1-2H3,(H,21,23,27). The summed E-state index contributed by atoms with van der Waals surface area (Å²) in [6.45, 7) is 0. The van der Waals surface area contributed by atoms with E-state index in [0.717, 1.165) is 0 Å². The lowest BCUT2D eigenvalue weighted by atomic mass is 10.1. The molecule has 1 aliphatic heterocycles. The van der Waals surface area contributed by atoms with Crippen LogP contribution in [0.15, 0.2) is 48.0 Å². The first-order chi connectivity index (χ1) is 12.9. The summed E-state index contributed by atoms with van der Waals surface area (Å²) in [6, 6.07) is 11.7. The molecule has 1 heterocycles. The molecule has 0 saturated carbocycles. The molecule has 2 aromatic carbocycles. The predicted molar refractivity (Wildman–Crippen MR) is 107 cm³/mol. The Morgan fingerprint density at radius 2 is 1.70 bits per heavy atom. The van der Waals surface area contributed by atoms with Gasteiger partial charge in [-0.05, 0) is 60.3 Å². The first-order valence-corrected chi connectivity index (χ1v) is 8.62. The van der Waals surface area contributed by atoms with Crippen molar-refractivity contribution in [2.24, 2.45) is 0 Å². The van der Waals surface area contributed by atoms with Gasteiger partial charge >= 0.3 is 0 Å². The third kappa shape index (κ3) is 3.79. The number of methoxy groups -OCH3 is 2. The zero-order valence-electron chi connectivity index (χ0n) is 14.5. The smallest absolute Gasteiger partial charge is 0.270 e. The van der Waals surface area contributed by atoms with Gasteiger partial charge in [0.2, 0.25) is 0 Å². The number of hydrogen-bond acceptors (Lipinski definition) is 5. The lowest BCUT2D eigenvalue weighted by Crippen LogP contribution is -2.54. The van der Waals surface area contributed by atoms with Crippen molar-refractivity contribution in [2.75, 3.05) is 19.1 Å². The lowest BCUT2D eigenvalue weighted by molar-refractivity contribution is -0.122. The molecule has 8 heteroatoms. The van der Waals surface area contributed by atoms with Crippen LogP contribution in [0.1, 0.15) is 5.56 Å². The first-order valence-electron chi connectivity index (χ1n) is 7.83. The Balaban J connectivity index is 2.00. The molecule has 0 aliphatic carbocycles. The van der Waals surface area contributed by atoms with Crippen LogP contribution < -0.4 is 19.7 Å². The van der Waals surface area contributed by atoms with E-state index >= 15 is 0 Å². The number of anilines is 1. The fourth-order valence-corrected chi connectivity index (χ4v) is 3.00. The van der Waals surface area contributed by atoms with Crippen LogP contribution in [0, 0.1) is 0 Å². The third-order valence-electron chi connectivity index (χ3n) is 3.91. The number of hydrogen-bond donors (Lipinski definition) is 1. The zero-order valence-corrected chi connectivity index (χ0v) is 16.1. The maximum absolute atomic E-state index is 12.9. The number of amides is 2. The normalized spacial score (nSPS) is 15.7. The quantitative estimate of drug-likeness (QED) is 0.483. The van der Waals surface area contributed by atoms with Crippen molar-refractivity contribution in [3.05, 3.63) is 58.6 Å². The number of nitrogens with zero attached hydrogens (tertiary/aromatic N) is 1. The van der Waals surface area contributed by atoms with Gasteiger partial charge in [0.15, 0.2) is 16.6 Å². The molecule has 6 nitrogen and oxygen atoms in total. The number of carbonyl (C=O) groups is 2. The van der Waals surface area contributed by atoms with Gasteiger partial charge < -0.3 is 9.47 Å². The van der Waals surface area contributed by atoms with Gasteiger partial charge in [0, 0.05) is 5.02 Å². The van der Waals surface area contributed by atoms with Gasteiger partial charge in [-0.1, -0.05) is 17.7 Å². The summed E-state index contributed by atoms with van der Waals surface area (Å²) < 4.78 is 10.4. The molecule has 0 atom stereocenters. The number of benzene rings is 2. The second-order valence-corrected chi connectivity index (χ2v) is 6.37. The van der Waals surface area contributed by atoms with Gasteiger partial charge in [0.25, 0.3) is 11.8 Å². The van der Waals surface area contributed by atoms with Crippen molar-refractivity contribution in [1.29, 1.82) is 0 Å². The SMILES string of the molecule is COc1ccc(C=C2C(=O)NC(=S)N(c3ccc(Cl)cc3)C2=O)cc1OC. The Morgan fingerprint density at radius 3 is 2.33 bits per heavy atom. The van der Waals surface area contributed by atoms with Crippen LogP contribution in [-0.4, -0.2) is 31.1 Å². The molecule has 27 heavy (non-hydrogen) atoms. The molecule has 0 aromatic heterocycles. The van der Waals surface area contributed by atoms with E-state index < -0.39 is 11.8 Å². The van der Waals surface area contributed by atoms with Crippen LogP contribution in [0.2, 0.25) is 5.02 Å². The Kier molecular flexibility index (Phi) is 5.43. The van der Waals surface area contributed by atoms with Crippen molar-refractivity contribution in [2.45, 2.75) is 0 Å². The van der Waals surface area contributed by atoms with E-state index in [2.05, 4.69) is 5.32 Å². The van der Waals surface area contributed by atoms with Gasteiger partial charge in [-0.15, -0.1) is 0 Å². The minimum Gasteiger partial charge on any atom is -0.493 e. The number of ether oxygens (including phenoxy) is 2. The second-order valence-electron chi connectivity index (χ2n) is 5.55. The number of thiocarbonyl (C=S) groups is 1. The Morgan fingerprint density at radius 1 is 1.04 bits per heavy atom. The molecule has 0 radical (unpaired) electrons. The molecule has 1 saturated heterocycles. The number of rotatable bonds is 4. The first kappa shape index (κ1) is 18.9. The van der Waals surface area contributed by atoms with Gasteiger partial charge in [-0.25, -0.2) is 0 Å². The Labute approximate surface area is 166 Å². The number of halogens is 1. The highest BCUT2D eigenvalue weighted by Crippen LogP contribution is 2.29. The molecule has 0 spiro atoms. The zero-order chi connectivity index (χ0) is 19.6. The maximum Gasteiger partial charge on any atom is 0.270 e. The summed E-state index contributed by atoms with van der Waals surface area (Å²) in [7, 11) is 3.03. The number of carbonyl (C=O) groups excluding carboxylic acids is 2. The average molecular weight is 403 g/mol. The van der Waals surface area contributed by atoms with Crippen LogP contribution >= 0.6 is 23.8 Å². The topological polar surface area (TPSA) is 67.9 Å². The summed E-state index contributed by atoms with van der Waals surface area (Å²) >= 11 is 11.1. The molecular formula is C19H15ClN2O4S. The monoisotopic (exact) mass is 402 g/mol. The van der Waals surface area contributed by atoms with Gasteiger partial charge in [-0.2, -0.15) is 0 Å². The molecule has 3 rings (SSSR count). The highest BCUT2D eigenvalue weighted by molar-refractivity contribution is 7.80. The summed E-state index contributed by atoms with van der Waals surface area (Å²) in [6.07, 6.45) is 1.48. The van der Waals surface area contributed by atoms with Gasteiger partial charge in [-0.3, -0.25) is 19.8 Å². The summed E-state index contributed by atoms with van der Waals surface area (Å²) in [5.74, 6) is -0.0607. The van der Waals surface area contributed by atoms with Gasteiger partial charge in [0.1, 0.15) is 5.57 Å². The van der Waals surface area contributed by atoms with Crippen molar-refractivity contribution in [1.82, 2.24) is 5.32 Å². The minimum atomic E-state index is -0.565. The van der Waals surface area contributed by atoms with Gasteiger partial charge in [0.05, 0.1) is 19.9 Å². The fourth-order valence-electron chi connectivity index (χ4n) is 2.59. The van der Waals surface area contributed by atoms with Crippen molar-refractivity contribution in [3.8, 4) is 11.5 Å². The Hall–Kier alpha value is -2.90. The molecule has 0 unspecified atom stereocenters. The van der Waals surface area contributed by atoms with E-state index in [9.17, 15) is 9.59 Å². The minimum absolute atomic E-state index is 0.0109. The third-order valence-corrected chi connectivity index (χ3v) is 4.44. The molecule has 1 aliphatic rings. The molecule has 2 amide bonds. The molecule has 138 valence electrons. The van der Waals surface area contributed by atoms with Crippen molar-refractivity contribution in [3.63, 3.8) is 0 Å². The maximum atomic E-state index is 12.9. The van der Waals surface area contributed by atoms with E-state index in [4.69, 9.17) is 33.3 Å². The van der Waals surface area contributed by atoms with Crippen LogP contribution in [0.3, 0.4) is 0 Å². The van der Waals surface area contributed by atoms with E-state index in [0.29, 0.717) is 27.8 Å². The highest BCUT2D eigenvalue weighted by atomic mass is 35.5. The Bertz CT molecular complexity index is 957. The van der Waals surface area contributed by atoms with Crippen LogP contribution in [0.5, 0.6) is 11.5 Å². The molecular weight excluding hydrogens is 388 g/mol. The van der Waals surface area contributed by atoms with E-state index in [-0.39, 0.29) is 10.7 Å². The predicted octanol–water partition coefficient (Wildman–Crippen LogP) is 3.19. The molecule has 2 aromatic rings. The van der Waals surface area contributed by atoms with E-state index in [1.54, 1.807) is 42.5 Å². The fraction of sp³-hybridized carbons (Fsp3) is 0.105. The number of nitrogens with one attached hydrogen (secondary N) is 1. The molecule has 1 fully saturated rings.